The first-order valence-corrected chi connectivity index (χ1v) is 8.63. The molecule has 2 aromatic carbocycles. The molecule has 0 fully saturated rings. The molecule has 1 heterocycles. The van der Waals surface area contributed by atoms with Gasteiger partial charge in [0.15, 0.2) is 0 Å². The number of ether oxygens (including phenoxy) is 1. The number of benzene rings is 2. The highest BCUT2D eigenvalue weighted by atomic mass is 16.5. The summed E-state index contributed by atoms with van der Waals surface area (Å²) in [5, 5.41) is 20.8. The minimum Gasteiger partial charge on any atom is -0.497 e. The Morgan fingerprint density at radius 2 is 2.00 bits per heavy atom. The Balaban J connectivity index is 1.85. The quantitative estimate of drug-likeness (QED) is 0.535. The van der Waals surface area contributed by atoms with E-state index in [4.69, 9.17) is 10.5 Å². The molecule has 7 heteroatoms. The van der Waals surface area contributed by atoms with Crippen molar-refractivity contribution in [3.63, 3.8) is 0 Å². The second kappa shape index (κ2) is 8.31. The molecular weight excluding hydrogens is 343 g/mol. The van der Waals surface area contributed by atoms with E-state index in [2.05, 4.69) is 4.98 Å². The molecule has 1 atom stereocenters. The number of hydrogen-bond donors (Lipinski definition) is 3. The van der Waals surface area contributed by atoms with Crippen molar-refractivity contribution in [2.75, 3.05) is 13.7 Å². The Morgan fingerprint density at radius 1 is 1.19 bits per heavy atom. The number of nitrogens with zero attached hydrogens (tertiary/aromatic N) is 1. The van der Waals surface area contributed by atoms with Crippen LogP contribution in [0.1, 0.15) is 17.0 Å². The Bertz CT molecular complexity index is 962. The topological polar surface area (TPSA) is 106 Å². The van der Waals surface area contributed by atoms with Crippen LogP contribution in [0.4, 0.5) is 0 Å². The van der Waals surface area contributed by atoms with Crippen LogP contribution in [-0.2, 0) is 11.2 Å². The first-order valence-electron chi connectivity index (χ1n) is 8.63. The van der Waals surface area contributed by atoms with Gasteiger partial charge in [0, 0.05) is 36.2 Å². The molecular formula is C20H21BN2O4. The third-order valence-corrected chi connectivity index (χ3v) is 4.65. The lowest BCUT2D eigenvalue weighted by molar-refractivity contribution is -0.119. The van der Waals surface area contributed by atoms with Crippen LogP contribution in [0.5, 0.6) is 5.75 Å². The Hall–Kier alpha value is -2.74. The lowest BCUT2D eigenvalue weighted by Crippen LogP contribution is -2.32. The zero-order chi connectivity index (χ0) is 19.4. The van der Waals surface area contributed by atoms with Crippen LogP contribution in [0.3, 0.4) is 0 Å². The molecule has 4 N–H and O–H groups in total. The van der Waals surface area contributed by atoms with E-state index in [0.29, 0.717) is 11.3 Å². The van der Waals surface area contributed by atoms with Crippen LogP contribution < -0.4 is 15.9 Å². The number of Topliss-reactive ketones (excluding diaryl/α,β-unsaturated/α-hetero) is 1. The number of ketones is 1. The van der Waals surface area contributed by atoms with E-state index in [1.807, 2.05) is 24.3 Å². The normalized spacial score (nSPS) is 12.0. The van der Waals surface area contributed by atoms with E-state index >= 15 is 0 Å². The number of pyridine rings is 1. The Morgan fingerprint density at radius 3 is 2.70 bits per heavy atom. The van der Waals surface area contributed by atoms with E-state index in [0.717, 1.165) is 16.3 Å². The van der Waals surface area contributed by atoms with Gasteiger partial charge >= 0.3 is 7.12 Å². The molecule has 0 amide bonds. The number of hydrogen-bond acceptors (Lipinski definition) is 6. The summed E-state index contributed by atoms with van der Waals surface area (Å²) in [6.45, 7) is 0.153. The predicted octanol–water partition coefficient (Wildman–Crippen LogP) is 0.777. The smallest absolute Gasteiger partial charge is 0.492 e. The average Bonchev–Trinajstić information content (AvgIpc) is 2.68. The monoisotopic (exact) mass is 364 g/mol. The van der Waals surface area contributed by atoms with Crippen molar-refractivity contribution in [1.29, 1.82) is 0 Å². The van der Waals surface area contributed by atoms with Gasteiger partial charge in [-0.25, -0.2) is 0 Å². The van der Waals surface area contributed by atoms with Crippen LogP contribution in [0.15, 0.2) is 54.9 Å². The molecule has 0 bridgehead atoms. The van der Waals surface area contributed by atoms with Gasteiger partial charge in [-0.05, 0) is 28.6 Å². The van der Waals surface area contributed by atoms with Gasteiger partial charge in [0.2, 0.25) is 0 Å². The number of methoxy groups -OCH3 is 1. The maximum atomic E-state index is 12.9. The van der Waals surface area contributed by atoms with Gasteiger partial charge in [0.1, 0.15) is 11.5 Å². The third-order valence-electron chi connectivity index (χ3n) is 4.65. The molecule has 0 aliphatic rings. The summed E-state index contributed by atoms with van der Waals surface area (Å²) in [4.78, 5) is 17.0. The average molecular weight is 364 g/mol. The van der Waals surface area contributed by atoms with Gasteiger partial charge in [-0.3, -0.25) is 9.78 Å². The molecule has 3 rings (SSSR count). The fourth-order valence-electron chi connectivity index (χ4n) is 3.18. The van der Waals surface area contributed by atoms with Crippen molar-refractivity contribution >= 4 is 29.1 Å². The molecule has 27 heavy (non-hydrogen) atoms. The number of carbonyl (C=O) groups excluding carboxylic acids is 1. The summed E-state index contributed by atoms with van der Waals surface area (Å²) < 4.78 is 5.21. The second-order valence-corrected chi connectivity index (χ2v) is 6.36. The summed E-state index contributed by atoms with van der Waals surface area (Å²) >= 11 is 0. The molecule has 0 unspecified atom stereocenters. The summed E-state index contributed by atoms with van der Waals surface area (Å²) in [5.41, 5.74) is 7.71. The minimum absolute atomic E-state index is 0.00902. The van der Waals surface area contributed by atoms with Crippen LogP contribution in [-0.4, -0.2) is 41.6 Å². The first kappa shape index (κ1) is 19.0. The van der Waals surface area contributed by atoms with Gasteiger partial charge < -0.3 is 20.5 Å². The number of fused-ring (bicyclic) bond motifs is 1. The van der Waals surface area contributed by atoms with E-state index in [1.165, 1.54) is 13.2 Å². The Kier molecular flexibility index (Phi) is 5.86. The minimum atomic E-state index is -1.65. The highest BCUT2D eigenvalue weighted by Gasteiger charge is 2.23. The highest BCUT2D eigenvalue weighted by molar-refractivity contribution is 6.59. The molecule has 0 saturated heterocycles. The molecule has 3 aromatic rings. The van der Waals surface area contributed by atoms with Crippen LogP contribution >= 0.6 is 0 Å². The second-order valence-electron chi connectivity index (χ2n) is 6.36. The van der Waals surface area contributed by atoms with E-state index in [9.17, 15) is 14.8 Å². The van der Waals surface area contributed by atoms with Crippen molar-refractivity contribution in [2.45, 2.75) is 12.3 Å². The molecule has 0 spiro atoms. The van der Waals surface area contributed by atoms with Gasteiger partial charge in [-0.15, -0.1) is 0 Å². The summed E-state index contributed by atoms with van der Waals surface area (Å²) in [5.74, 6) is -0.200. The van der Waals surface area contributed by atoms with Crippen LogP contribution in [0.25, 0.3) is 10.8 Å². The standard InChI is InChI=1S/C20H21BN2O4/c1-27-20-10-15(4-5-18(20)21(25)26)17(11-22)19(24)9-13-2-3-16-12-23-7-6-14(16)8-13/h2-8,10,12,17,25-26H,9,11,22H2,1H3/t17-/m1/s1. The molecule has 0 aliphatic heterocycles. The number of rotatable bonds is 7. The number of aromatic nitrogens is 1. The highest BCUT2D eigenvalue weighted by Crippen LogP contribution is 2.23. The summed E-state index contributed by atoms with van der Waals surface area (Å²) in [6, 6.07) is 12.6. The fraction of sp³-hybridized carbons (Fsp3) is 0.200. The van der Waals surface area contributed by atoms with Crippen molar-refractivity contribution in [2.24, 2.45) is 5.73 Å². The first-order chi connectivity index (χ1) is 13.0. The molecule has 0 saturated carbocycles. The molecule has 1 aromatic heterocycles. The van der Waals surface area contributed by atoms with Crippen molar-refractivity contribution < 1.29 is 19.6 Å². The molecule has 138 valence electrons. The largest absolute Gasteiger partial charge is 0.497 e. The van der Waals surface area contributed by atoms with Gasteiger partial charge in [0.25, 0.3) is 0 Å². The van der Waals surface area contributed by atoms with Crippen molar-refractivity contribution in [3.8, 4) is 5.75 Å². The zero-order valence-electron chi connectivity index (χ0n) is 15.0. The summed E-state index contributed by atoms with van der Waals surface area (Å²) in [7, 11) is -0.207. The van der Waals surface area contributed by atoms with Crippen LogP contribution in [0.2, 0.25) is 0 Å². The van der Waals surface area contributed by atoms with E-state index in [-0.39, 0.29) is 24.2 Å². The number of carbonyl (C=O) groups is 1. The zero-order valence-corrected chi connectivity index (χ0v) is 15.0. The van der Waals surface area contributed by atoms with Crippen molar-refractivity contribution in [3.05, 3.63) is 66.0 Å². The van der Waals surface area contributed by atoms with Gasteiger partial charge in [0.05, 0.1) is 13.0 Å². The van der Waals surface area contributed by atoms with Crippen LogP contribution in [0, 0.1) is 0 Å². The fourth-order valence-corrected chi connectivity index (χ4v) is 3.18. The van der Waals surface area contributed by atoms with Gasteiger partial charge in [-0.1, -0.05) is 30.3 Å². The van der Waals surface area contributed by atoms with Crippen molar-refractivity contribution in [1.82, 2.24) is 4.98 Å². The Labute approximate surface area is 157 Å². The summed E-state index contributed by atoms with van der Waals surface area (Å²) in [6.07, 6.45) is 3.76. The van der Waals surface area contributed by atoms with Gasteiger partial charge in [-0.2, -0.15) is 0 Å². The number of nitrogens with two attached hydrogens (primary N) is 1. The van der Waals surface area contributed by atoms with E-state index < -0.39 is 13.0 Å². The molecule has 0 aliphatic carbocycles. The lowest BCUT2D eigenvalue weighted by Gasteiger charge is -2.17. The predicted molar refractivity (Wildman–Crippen MR) is 105 cm³/mol. The van der Waals surface area contributed by atoms with E-state index in [1.54, 1.807) is 24.5 Å². The SMILES string of the molecule is COc1cc([C@@H](CN)C(=O)Cc2ccc3cnccc3c2)ccc1B(O)O. The molecule has 6 nitrogen and oxygen atoms in total. The lowest BCUT2D eigenvalue weighted by atomic mass is 9.78. The maximum Gasteiger partial charge on any atom is 0.492 e. The third kappa shape index (κ3) is 4.16. The molecule has 0 radical (unpaired) electrons. The maximum absolute atomic E-state index is 12.9.